The Bertz CT molecular complexity index is 751. The third-order valence-corrected chi connectivity index (χ3v) is 6.85. The molecule has 1 saturated carbocycles. The van der Waals surface area contributed by atoms with Crippen molar-refractivity contribution < 1.29 is 9.90 Å². The Balaban J connectivity index is 1.72. The molecule has 1 amide bonds. The summed E-state index contributed by atoms with van der Waals surface area (Å²) in [5, 5.41) is 10.5. The molecule has 134 valence electrons. The van der Waals surface area contributed by atoms with Crippen molar-refractivity contribution in [3.63, 3.8) is 0 Å². The number of fused-ring (bicyclic) bond motifs is 2. The number of benzene rings is 1. The van der Waals surface area contributed by atoms with Crippen molar-refractivity contribution in [2.75, 3.05) is 19.7 Å². The Morgan fingerprint density at radius 3 is 2.76 bits per heavy atom. The van der Waals surface area contributed by atoms with Gasteiger partial charge in [0.05, 0.1) is 10.0 Å². The molecule has 1 aromatic carbocycles. The van der Waals surface area contributed by atoms with Crippen LogP contribution in [0.2, 0.25) is 10.0 Å². The lowest BCUT2D eigenvalue weighted by atomic mass is 9.89. The monoisotopic (exact) mass is 379 g/mol. The Morgan fingerprint density at radius 1 is 1.28 bits per heavy atom. The van der Waals surface area contributed by atoms with Crippen molar-refractivity contribution in [2.24, 2.45) is 5.92 Å². The van der Waals surface area contributed by atoms with Crippen molar-refractivity contribution in [1.29, 1.82) is 0 Å². The molecule has 0 atom stereocenters. The summed E-state index contributed by atoms with van der Waals surface area (Å²) in [6.07, 6.45) is 7.97. The van der Waals surface area contributed by atoms with Gasteiger partial charge in [-0.1, -0.05) is 54.5 Å². The lowest BCUT2D eigenvalue weighted by molar-refractivity contribution is -0.133. The van der Waals surface area contributed by atoms with Gasteiger partial charge in [0.25, 0.3) is 0 Å². The highest BCUT2D eigenvalue weighted by Crippen LogP contribution is 2.46. The van der Waals surface area contributed by atoms with Crippen LogP contribution in [0.25, 0.3) is 5.57 Å². The zero-order valence-corrected chi connectivity index (χ0v) is 15.8. The van der Waals surface area contributed by atoms with E-state index in [2.05, 4.69) is 0 Å². The third kappa shape index (κ3) is 3.11. The topological polar surface area (TPSA) is 40.5 Å². The molecule has 0 bridgehead atoms. The molecule has 0 saturated heterocycles. The van der Waals surface area contributed by atoms with Gasteiger partial charge in [0.1, 0.15) is 6.61 Å². The number of nitrogens with zero attached hydrogens (tertiary/aromatic N) is 1. The Labute approximate surface area is 158 Å². The summed E-state index contributed by atoms with van der Waals surface area (Å²) in [6.45, 7) is 0.832. The molecule has 0 spiro atoms. The summed E-state index contributed by atoms with van der Waals surface area (Å²) >= 11 is 13.0. The highest BCUT2D eigenvalue weighted by atomic mass is 35.5. The van der Waals surface area contributed by atoms with Crippen LogP contribution in [0, 0.1) is 5.92 Å². The van der Waals surface area contributed by atoms with Gasteiger partial charge in [-0.15, -0.1) is 0 Å². The number of carbonyl (C=O) groups is 1. The van der Waals surface area contributed by atoms with Crippen LogP contribution < -0.4 is 0 Å². The predicted octanol–water partition coefficient (Wildman–Crippen LogP) is 4.26. The second-order valence-electron chi connectivity index (χ2n) is 7.52. The standard InChI is InChI=1S/C20H23Cl2NO2/c21-17-9-14(7-12-3-1-2-4-12)19-15(20(17)22)8-13-5-6-23(10-16(13)19)18(25)11-24/h9,12,24H,1-8,10-11H2. The van der Waals surface area contributed by atoms with Crippen molar-refractivity contribution in [1.82, 2.24) is 4.90 Å². The molecule has 1 aromatic rings. The Morgan fingerprint density at radius 2 is 2.04 bits per heavy atom. The number of aliphatic hydroxyl groups excluding tert-OH is 1. The van der Waals surface area contributed by atoms with Gasteiger partial charge in [-0.2, -0.15) is 0 Å². The summed E-state index contributed by atoms with van der Waals surface area (Å²) in [5.41, 5.74) is 6.31. The predicted molar refractivity (Wildman–Crippen MR) is 101 cm³/mol. The first-order chi connectivity index (χ1) is 12.1. The van der Waals surface area contributed by atoms with E-state index in [4.69, 9.17) is 23.2 Å². The average molecular weight is 380 g/mol. The lowest BCUT2D eigenvalue weighted by Gasteiger charge is -2.29. The van der Waals surface area contributed by atoms with Crippen LogP contribution in [0.4, 0.5) is 0 Å². The van der Waals surface area contributed by atoms with Gasteiger partial charge < -0.3 is 10.0 Å². The van der Waals surface area contributed by atoms with E-state index in [-0.39, 0.29) is 5.91 Å². The Hall–Kier alpha value is -1.03. The second-order valence-corrected chi connectivity index (χ2v) is 8.31. The van der Waals surface area contributed by atoms with Crippen LogP contribution in [0.3, 0.4) is 0 Å². The molecule has 0 unspecified atom stereocenters. The second kappa shape index (κ2) is 6.94. The maximum atomic E-state index is 12.0. The molecule has 1 heterocycles. The minimum atomic E-state index is -0.425. The lowest BCUT2D eigenvalue weighted by Crippen LogP contribution is -2.38. The van der Waals surface area contributed by atoms with Crippen LogP contribution in [0.15, 0.2) is 11.6 Å². The number of aliphatic hydroxyl groups is 1. The average Bonchev–Trinajstić information content (AvgIpc) is 3.25. The number of amides is 1. The van der Waals surface area contributed by atoms with Crippen molar-refractivity contribution in [3.05, 3.63) is 38.4 Å². The molecular formula is C20H23Cl2NO2. The van der Waals surface area contributed by atoms with Crippen LogP contribution in [-0.4, -0.2) is 35.6 Å². The van der Waals surface area contributed by atoms with Gasteiger partial charge in [0.2, 0.25) is 5.91 Å². The zero-order valence-electron chi connectivity index (χ0n) is 14.3. The zero-order chi connectivity index (χ0) is 17.6. The molecular weight excluding hydrogens is 357 g/mol. The SMILES string of the molecule is O=C(CO)N1CCC2=C(C1)c1c(CC3CCCC3)cc(Cl)c(Cl)c1C2. The summed E-state index contributed by atoms with van der Waals surface area (Å²) in [4.78, 5) is 13.7. The van der Waals surface area contributed by atoms with Gasteiger partial charge in [-0.05, 0) is 53.5 Å². The third-order valence-electron chi connectivity index (χ3n) is 6.02. The molecule has 1 N–H and O–H groups in total. The van der Waals surface area contributed by atoms with Crippen LogP contribution >= 0.6 is 23.2 Å². The van der Waals surface area contributed by atoms with E-state index in [0.717, 1.165) is 30.7 Å². The number of carbonyl (C=O) groups excluding carboxylic acids is 1. The number of hydrogen-bond acceptors (Lipinski definition) is 2. The fourth-order valence-electron chi connectivity index (χ4n) is 4.74. The highest BCUT2D eigenvalue weighted by molar-refractivity contribution is 6.42. The van der Waals surface area contributed by atoms with Crippen molar-refractivity contribution in [2.45, 2.75) is 44.9 Å². The molecule has 1 aliphatic heterocycles. The number of halogens is 2. The van der Waals surface area contributed by atoms with E-state index >= 15 is 0 Å². The summed E-state index contributed by atoms with van der Waals surface area (Å²) in [7, 11) is 0. The minimum Gasteiger partial charge on any atom is -0.387 e. The van der Waals surface area contributed by atoms with Crippen LogP contribution in [0.1, 0.15) is 48.8 Å². The summed E-state index contributed by atoms with van der Waals surface area (Å²) < 4.78 is 0. The molecule has 1 fully saturated rings. The minimum absolute atomic E-state index is 0.197. The molecule has 5 heteroatoms. The van der Waals surface area contributed by atoms with Gasteiger partial charge in [-0.25, -0.2) is 0 Å². The fourth-order valence-corrected chi connectivity index (χ4v) is 5.21. The first-order valence-electron chi connectivity index (χ1n) is 9.18. The van der Waals surface area contributed by atoms with Gasteiger partial charge in [0, 0.05) is 13.1 Å². The Kier molecular flexibility index (Phi) is 4.83. The largest absolute Gasteiger partial charge is 0.387 e. The van der Waals surface area contributed by atoms with Gasteiger partial charge >= 0.3 is 0 Å². The van der Waals surface area contributed by atoms with Crippen LogP contribution in [-0.2, 0) is 17.6 Å². The van der Waals surface area contributed by atoms with Gasteiger partial charge in [0.15, 0.2) is 0 Å². The normalized spacial score (nSPS) is 20.2. The van der Waals surface area contributed by atoms with E-state index in [1.807, 2.05) is 6.07 Å². The maximum absolute atomic E-state index is 12.0. The van der Waals surface area contributed by atoms with E-state index in [1.165, 1.54) is 48.0 Å². The molecule has 2 aliphatic carbocycles. The fraction of sp³-hybridized carbons (Fsp3) is 0.550. The van der Waals surface area contributed by atoms with Gasteiger partial charge in [-0.3, -0.25) is 4.79 Å². The molecule has 3 nitrogen and oxygen atoms in total. The smallest absolute Gasteiger partial charge is 0.248 e. The molecule has 25 heavy (non-hydrogen) atoms. The first kappa shape index (κ1) is 17.4. The van der Waals surface area contributed by atoms with E-state index in [1.54, 1.807) is 4.90 Å². The van der Waals surface area contributed by atoms with Crippen LogP contribution in [0.5, 0.6) is 0 Å². The molecule has 4 rings (SSSR count). The van der Waals surface area contributed by atoms with E-state index in [9.17, 15) is 9.90 Å². The van der Waals surface area contributed by atoms with Crippen molar-refractivity contribution in [3.8, 4) is 0 Å². The number of rotatable bonds is 3. The summed E-state index contributed by atoms with van der Waals surface area (Å²) in [5.74, 6) is 0.530. The molecule has 0 radical (unpaired) electrons. The quantitative estimate of drug-likeness (QED) is 0.851. The van der Waals surface area contributed by atoms with Crippen molar-refractivity contribution >= 4 is 34.7 Å². The maximum Gasteiger partial charge on any atom is 0.248 e. The highest BCUT2D eigenvalue weighted by Gasteiger charge is 2.33. The summed E-state index contributed by atoms with van der Waals surface area (Å²) in [6, 6.07) is 2.05. The van der Waals surface area contributed by atoms with E-state index in [0.29, 0.717) is 23.1 Å². The molecule has 3 aliphatic rings. The number of hydrogen-bond donors (Lipinski definition) is 1. The molecule has 0 aromatic heterocycles. The first-order valence-corrected chi connectivity index (χ1v) is 9.93. The van der Waals surface area contributed by atoms with E-state index < -0.39 is 6.61 Å².